The molecule has 0 spiro atoms. The quantitative estimate of drug-likeness (QED) is 0.491. The Morgan fingerprint density at radius 1 is 0.607 bits per heavy atom. The van der Waals surface area contributed by atoms with Gasteiger partial charge in [0, 0.05) is 16.7 Å². The van der Waals surface area contributed by atoms with Crippen molar-refractivity contribution in [3.8, 4) is 35.5 Å². The summed E-state index contributed by atoms with van der Waals surface area (Å²) < 4.78 is 5.91. The van der Waals surface area contributed by atoms with E-state index in [0.717, 1.165) is 16.7 Å². The Morgan fingerprint density at radius 3 is 1.39 bits per heavy atom. The molecule has 0 aliphatic heterocycles. The van der Waals surface area contributed by atoms with Gasteiger partial charge in [-0.2, -0.15) is 0 Å². The molecule has 28 heavy (non-hydrogen) atoms. The van der Waals surface area contributed by atoms with Gasteiger partial charge < -0.3 is 4.43 Å². The van der Waals surface area contributed by atoms with Crippen molar-refractivity contribution in [3.63, 3.8) is 0 Å². The fourth-order valence-corrected chi connectivity index (χ4v) is 2.82. The largest absolute Gasteiger partial charge is 0.402 e. The molecule has 0 unspecified atom stereocenters. The third-order valence-electron chi connectivity index (χ3n) is 4.06. The third kappa shape index (κ3) is 5.77. The van der Waals surface area contributed by atoms with Gasteiger partial charge in [-0.1, -0.05) is 78.3 Å². The molecule has 0 radical (unpaired) electrons. The lowest BCUT2D eigenvalue weighted by molar-refractivity contribution is 0.218. The molecule has 0 amide bonds. The van der Waals surface area contributed by atoms with Crippen LogP contribution in [0.15, 0.2) is 91.0 Å². The van der Waals surface area contributed by atoms with Gasteiger partial charge >= 0.3 is 0 Å². The average molecular weight is 377 g/mol. The van der Waals surface area contributed by atoms with Gasteiger partial charge in [0.25, 0.3) is 0 Å². The van der Waals surface area contributed by atoms with Crippen LogP contribution in [0.25, 0.3) is 0 Å². The van der Waals surface area contributed by atoms with Crippen molar-refractivity contribution in [2.45, 2.75) is 12.0 Å². The summed E-state index contributed by atoms with van der Waals surface area (Å²) in [5.41, 5.74) is 1.93. The second kappa shape index (κ2) is 10.0. The van der Waals surface area contributed by atoms with Crippen molar-refractivity contribution < 1.29 is 4.43 Å². The summed E-state index contributed by atoms with van der Waals surface area (Å²) in [6, 6.07) is 29.6. The molecule has 0 bridgehead atoms. The number of hydrogen-bond acceptors (Lipinski definition) is 1. The summed E-state index contributed by atoms with van der Waals surface area (Å²) in [6.45, 7) is 0. The van der Waals surface area contributed by atoms with Gasteiger partial charge in [-0.15, -0.1) is 0 Å². The molecule has 134 valence electrons. The summed E-state index contributed by atoms with van der Waals surface area (Å²) in [5.74, 6) is 19.3. The molecule has 0 heterocycles. The molecule has 0 saturated heterocycles. The first kappa shape index (κ1) is 19.3. The first-order valence-corrected chi connectivity index (χ1v) is 9.87. The van der Waals surface area contributed by atoms with Crippen LogP contribution in [0, 0.1) is 35.5 Å². The van der Waals surface area contributed by atoms with Crippen LogP contribution in [0.3, 0.4) is 0 Å². The maximum Gasteiger partial charge on any atom is 0.191 e. The van der Waals surface area contributed by atoms with Crippen LogP contribution >= 0.6 is 0 Å². The molecule has 3 aromatic rings. The highest BCUT2D eigenvalue weighted by atomic mass is 28.2. The van der Waals surface area contributed by atoms with Crippen molar-refractivity contribution in [1.29, 1.82) is 0 Å². The minimum Gasteiger partial charge on any atom is -0.402 e. The highest BCUT2D eigenvalue weighted by molar-refractivity contribution is 5.98. The van der Waals surface area contributed by atoms with Gasteiger partial charge in [0.2, 0.25) is 0 Å². The third-order valence-corrected chi connectivity index (χ3v) is 4.75. The van der Waals surface area contributed by atoms with Crippen molar-refractivity contribution >= 4 is 10.5 Å². The van der Waals surface area contributed by atoms with Crippen molar-refractivity contribution in [2.24, 2.45) is 0 Å². The fourth-order valence-electron chi connectivity index (χ4n) is 2.48. The molecular weight excluding hydrogens is 356 g/mol. The number of rotatable bonds is 2. The standard InChI is InChI=1S/C26H20OSi/c28-27-26(21-18-24-13-6-2-7-14-24,22-19-25-15-8-3-9-16-25)20-10-17-23-11-4-1-5-12-23/h1-9,11-16H,20H2,28H3. The Kier molecular flexibility index (Phi) is 6.89. The molecule has 3 rings (SSSR count). The molecule has 0 atom stereocenters. The molecule has 0 aromatic heterocycles. The molecule has 0 fully saturated rings. The van der Waals surface area contributed by atoms with Crippen molar-refractivity contribution in [2.75, 3.05) is 0 Å². The average Bonchev–Trinajstić information content (AvgIpc) is 2.78. The van der Waals surface area contributed by atoms with Crippen LogP contribution in [0.4, 0.5) is 0 Å². The Hall–Kier alpha value is -3.48. The van der Waals surface area contributed by atoms with E-state index < -0.39 is 5.60 Å². The molecular formula is C26H20OSi. The van der Waals surface area contributed by atoms with E-state index in [1.54, 1.807) is 0 Å². The van der Waals surface area contributed by atoms with Gasteiger partial charge in [-0.25, -0.2) is 0 Å². The van der Waals surface area contributed by atoms with Crippen molar-refractivity contribution in [1.82, 2.24) is 0 Å². The monoisotopic (exact) mass is 376 g/mol. The smallest absolute Gasteiger partial charge is 0.191 e. The van der Waals surface area contributed by atoms with E-state index in [4.69, 9.17) is 4.43 Å². The molecule has 0 aliphatic rings. The highest BCUT2D eigenvalue weighted by Crippen LogP contribution is 2.14. The first-order valence-electron chi connectivity index (χ1n) is 9.05. The molecule has 0 saturated carbocycles. The molecule has 0 N–H and O–H groups in total. The zero-order valence-electron chi connectivity index (χ0n) is 15.8. The molecule has 2 heteroatoms. The van der Waals surface area contributed by atoms with E-state index >= 15 is 0 Å². The van der Waals surface area contributed by atoms with Crippen LogP contribution in [0.2, 0.25) is 0 Å². The maximum absolute atomic E-state index is 5.91. The van der Waals surface area contributed by atoms with E-state index in [-0.39, 0.29) is 0 Å². The Bertz CT molecular complexity index is 1010. The van der Waals surface area contributed by atoms with E-state index in [2.05, 4.69) is 35.5 Å². The molecule has 3 aromatic carbocycles. The normalized spacial score (nSPS) is 9.86. The van der Waals surface area contributed by atoms with Crippen LogP contribution in [0.5, 0.6) is 0 Å². The number of benzene rings is 3. The SMILES string of the molecule is [SiH3]OC(C#Cc1ccccc1)(C#Cc1ccccc1)CC#Cc1ccccc1. The second-order valence-electron chi connectivity index (χ2n) is 6.11. The van der Waals surface area contributed by atoms with Gasteiger partial charge in [0.1, 0.15) is 10.5 Å². The van der Waals surface area contributed by atoms with Crippen LogP contribution in [-0.4, -0.2) is 16.1 Å². The first-order chi connectivity index (χ1) is 13.8. The Labute approximate surface area is 170 Å². The zero-order chi connectivity index (χ0) is 19.5. The molecule has 1 nitrogen and oxygen atoms in total. The van der Waals surface area contributed by atoms with E-state index in [1.165, 1.54) is 0 Å². The minimum absolute atomic E-state index is 0.422. The predicted molar refractivity (Wildman–Crippen MR) is 118 cm³/mol. The van der Waals surface area contributed by atoms with Gasteiger partial charge in [-0.05, 0) is 48.2 Å². The van der Waals surface area contributed by atoms with Gasteiger partial charge in [0.05, 0.1) is 6.42 Å². The summed E-state index contributed by atoms with van der Waals surface area (Å²) in [5, 5.41) is 0. The Balaban J connectivity index is 1.93. The Morgan fingerprint density at radius 2 is 1.00 bits per heavy atom. The summed E-state index contributed by atoms with van der Waals surface area (Å²) in [4.78, 5) is 0. The van der Waals surface area contributed by atoms with Crippen LogP contribution < -0.4 is 0 Å². The van der Waals surface area contributed by atoms with Crippen molar-refractivity contribution in [3.05, 3.63) is 108 Å². The lowest BCUT2D eigenvalue weighted by Crippen LogP contribution is -2.27. The van der Waals surface area contributed by atoms with Crippen LogP contribution in [-0.2, 0) is 4.43 Å². The zero-order valence-corrected chi connectivity index (χ0v) is 17.8. The topological polar surface area (TPSA) is 9.23 Å². The maximum atomic E-state index is 5.91. The van der Waals surface area contributed by atoms with E-state index in [9.17, 15) is 0 Å². The minimum atomic E-state index is -0.903. The fraction of sp³-hybridized carbons (Fsp3) is 0.0769. The van der Waals surface area contributed by atoms with E-state index in [0.29, 0.717) is 16.9 Å². The summed E-state index contributed by atoms with van der Waals surface area (Å²) in [6.07, 6.45) is 0.422. The summed E-state index contributed by atoms with van der Waals surface area (Å²) in [7, 11) is 0.513. The second-order valence-corrected chi connectivity index (χ2v) is 6.52. The summed E-state index contributed by atoms with van der Waals surface area (Å²) >= 11 is 0. The molecule has 0 aliphatic carbocycles. The highest BCUT2D eigenvalue weighted by Gasteiger charge is 2.23. The van der Waals surface area contributed by atoms with Crippen LogP contribution in [0.1, 0.15) is 23.1 Å². The number of hydrogen-bond donors (Lipinski definition) is 0. The van der Waals surface area contributed by atoms with Gasteiger partial charge in [-0.3, -0.25) is 0 Å². The predicted octanol–water partition coefficient (Wildman–Crippen LogP) is 3.57. The lowest BCUT2D eigenvalue weighted by atomic mass is 9.99. The lowest BCUT2D eigenvalue weighted by Gasteiger charge is -2.18. The van der Waals surface area contributed by atoms with Gasteiger partial charge in [0.15, 0.2) is 5.60 Å². The van der Waals surface area contributed by atoms with E-state index in [1.807, 2.05) is 91.0 Å².